The van der Waals surface area contributed by atoms with Gasteiger partial charge in [0.15, 0.2) is 0 Å². The number of hydrogen-bond acceptors (Lipinski definition) is 3. The van der Waals surface area contributed by atoms with Crippen molar-refractivity contribution < 1.29 is 18.4 Å². The zero-order valence-electron chi connectivity index (χ0n) is 11.5. The van der Waals surface area contributed by atoms with Crippen molar-refractivity contribution in [2.45, 2.75) is 38.5 Å². The van der Waals surface area contributed by atoms with Crippen LogP contribution < -0.4 is 10.6 Å². The molecule has 1 saturated carbocycles. The van der Waals surface area contributed by atoms with Crippen LogP contribution in [-0.2, 0) is 9.59 Å². The number of nitrogen functional groups attached to an aromatic ring is 1. The van der Waals surface area contributed by atoms with Crippen molar-refractivity contribution in [2.75, 3.05) is 10.6 Å². The first kappa shape index (κ1) is 14.0. The first-order chi connectivity index (χ1) is 9.94. The number of nitrogens with two attached hydrogens (primary N) is 1. The first-order valence-electron chi connectivity index (χ1n) is 7.06. The van der Waals surface area contributed by atoms with E-state index < -0.39 is 23.0 Å². The normalized spacial score (nSPS) is 21.3. The Labute approximate surface area is 120 Å². The number of imide groups is 1. The quantitative estimate of drug-likeness (QED) is 0.640. The Kier molecular flexibility index (Phi) is 3.19. The third-order valence-corrected chi connectivity index (χ3v) is 4.51. The molecule has 1 heterocycles. The molecule has 0 unspecified atom stereocenters. The molecule has 2 amide bonds. The number of carbonyl (C=O) groups is 2. The Hall–Kier alpha value is -1.98. The van der Waals surface area contributed by atoms with Gasteiger partial charge in [-0.15, -0.1) is 0 Å². The fourth-order valence-corrected chi connectivity index (χ4v) is 3.38. The lowest BCUT2D eigenvalue weighted by molar-refractivity contribution is -0.127. The van der Waals surface area contributed by atoms with Crippen molar-refractivity contribution in [1.82, 2.24) is 0 Å². The van der Waals surface area contributed by atoms with Crippen LogP contribution in [0.5, 0.6) is 0 Å². The largest absolute Gasteiger partial charge is 0.396 e. The molecular weight excluding hydrogens is 278 g/mol. The van der Waals surface area contributed by atoms with E-state index in [1.54, 1.807) is 0 Å². The average molecular weight is 294 g/mol. The molecule has 1 spiro atoms. The zero-order chi connectivity index (χ0) is 15.2. The van der Waals surface area contributed by atoms with E-state index in [9.17, 15) is 18.4 Å². The van der Waals surface area contributed by atoms with E-state index >= 15 is 0 Å². The Bertz CT molecular complexity index is 624. The zero-order valence-corrected chi connectivity index (χ0v) is 11.5. The van der Waals surface area contributed by atoms with Crippen molar-refractivity contribution in [3.05, 3.63) is 23.8 Å². The fourth-order valence-electron chi connectivity index (χ4n) is 3.38. The van der Waals surface area contributed by atoms with Crippen molar-refractivity contribution in [3.63, 3.8) is 0 Å². The lowest BCUT2D eigenvalue weighted by atomic mass is 9.73. The number of hydrogen-bond donors (Lipinski definition) is 1. The van der Waals surface area contributed by atoms with Crippen molar-refractivity contribution >= 4 is 23.2 Å². The summed E-state index contributed by atoms with van der Waals surface area (Å²) in [5.41, 5.74) is 4.20. The highest BCUT2D eigenvalue weighted by Gasteiger charge is 2.52. The molecule has 1 saturated heterocycles. The molecule has 0 bridgehead atoms. The van der Waals surface area contributed by atoms with Gasteiger partial charge in [-0.1, -0.05) is 19.3 Å². The first-order valence-corrected chi connectivity index (χ1v) is 7.06. The van der Waals surface area contributed by atoms with Crippen LogP contribution in [0.2, 0.25) is 0 Å². The molecule has 2 N–H and O–H groups in total. The van der Waals surface area contributed by atoms with E-state index in [1.165, 1.54) is 0 Å². The number of rotatable bonds is 1. The van der Waals surface area contributed by atoms with E-state index in [0.29, 0.717) is 18.9 Å². The fraction of sp³-hybridized carbons (Fsp3) is 0.467. The Balaban J connectivity index is 2.01. The number of halogens is 2. The summed E-state index contributed by atoms with van der Waals surface area (Å²) < 4.78 is 27.2. The Morgan fingerprint density at radius 3 is 2.38 bits per heavy atom. The molecule has 6 heteroatoms. The van der Waals surface area contributed by atoms with E-state index in [1.807, 2.05) is 0 Å². The molecule has 1 aliphatic carbocycles. The van der Waals surface area contributed by atoms with Crippen molar-refractivity contribution in [3.8, 4) is 0 Å². The van der Waals surface area contributed by atoms with Gasteiger partial charge >= 0.3 is 0 Å². The molecule has 112 valence electrons. The van der Waals surface area contributed by atoms with Gasteiger partial charge in [0.25, 0.3) is 0 Å². The highest BCUT2D eigenvalue weighted by Crippen LogP contribution is 2.47. The minimum atomic E-state index is -0.948. The summed E-state index contributed by atoms with van der Waals surface area (Å²) in [7, 11) is 0. The van der Waals surface area contributed by atoms with Crippen LogP contribution in [-0.4, -0.2) is 11.8 Å². The van der Waals surface area contributed by atoms with Crippen LogP contribution in [0, 0.1) is 17.0 Å². The molecule has 3 rings (SSSR count). The van der Waals surface area contributed by atoms with E-state index in [0.717, 1.165) is 30.2 Å². The third kappa shape index (κ3) is 2.09. The van der Waals surface area contributed by atoms with Gasteiger partial charge in [0.2, 0.25) is 11.8 Å². The predicted molar refractivity (Wildman–Crippen MR) is 73.4 cm³/mol. The highest BCUT2D eigenvalue weighted by atomic mass is 19.1. The van der Waals surface area contributed by atoms with E-state index in [4.69, 9.17) is 5.73 Å². The summed E-state index contributed by atoms with van der Waals surface area (Å²) in [5, 5.41) is 0. The Morgan fingerprint density at radius 2 is 1.71 bits per heavy atom. The minimum Gasteiger partial charge on any atom is -0.396 e. The molecule has 0 aromatic heterocycles. The Morgan fingerprint density at radius 1 is 1.05 bits per heavy atom. The van der Waals surface area contributed by atoms with Crippen LogP contribution >= 0.6 is 0 Å². The highest BCUT2D eigenvalue weighted by molar-refractivity contribution is 6.22. The van der Waals surface area contributed by atoms with Gasteiger partial charge in [-0.3, -0.25) is 9.59 Å². The van der Waals surface area contributed by atoms with Gasteiger partial charge < -0.3 is 5.73 Å². The monoisotopic (exact) mass is 294 g/mol. The second kappa shape index (κ2) is 4.79. The second-order valence-corrected chi connectivity index (χ2v) is 5.88. The molecular formula is C15H16F2N2O2. The summed E-state index contributed by atoms with van der Waals surface area (Å²) in [6, 6.07) is 1.62. The standard InChI is InChI=1S/C15H16F2N2O2/c16-9-6-10(17)12(7-11(9)18)19-13(20)8-15(14(19)21)4-2-1-3-5-15/h6-7H,1-5,8,18H2. The molecule has 1 aromatic carbocycles. The smallest absolute Gasteiger partial charge is 0.240 e. The van der Waals surface area contributed by atoms with Gasteiger partial charge in [0.1, 0.15) is 11.6 Å². The molecule has 0 atom stereocenters. The summed E-state index contributed by atoms with van der Waals surface area (Å²) in [5.74, 6) is -2.66. The maximum absolute atomic E-state index is 13.9. The SMILES string of the molecule is Nc1cc(N2C(=O)CC3(CCCCC3)C2=O)c(F)cc1F. The maximum atomic E-state index is 13.9. The number of carbonyl (C=O) groups excluding carboxylic acids is 2. The second-order valence-electron chi connectivity index (χ2n) is 5.88. The maximum Gasteiger partial charge on any atom is 0.240 e. The summed E-state index contributed by atoms with van der Waals surface area (Å²) in [6.45, 7) is 0. The van der Waals surface area contributed by atoms with Crippen LogP contribution in [0.3, 0.4) is 0 Å². The lowest BCUT2D eigenvalue weighted by Crippen LogP contribution is -2.37. The van der Waals surface area contributed by atoms with Gasteiger partial charge in [-0.25, -0.2) is 13.7 Å². The molecule has 21 heavy (non-hydrogen) atoms. The summed E-state index contributed by atoms with van der Waals surface area (Å²) in [6.07, 6.45) is 4.21. The predicted octanol–water partition coefficient (Wildman–Crippen LogP) is 2.76. The van der Waals surface area contributed by atoms with Gasteiger partial charge in [-0.05, 0) is 18.9 Å². The molecule has 0 radical (unpaired) electrons. The van der Waals surface area contributed by atoms with Gasteiger partial charge in [-0.2, -0.15) is 0 Å². The minimum absolute atomic E-state index is 0.0998. The molecule has 4 nitrogen and oxygen atoms in total. The number of amides is 2. The summed E-state index contributed by atoms with van der Waals surface area (Å²) in [4.78, 5) is 25.7. The van der Waals surface area contributed by atoms with E-state index in [-0.39, 0.29) is 23.7 Å². The van der Waals surface area contributed by atoms with Crippen molar-refractivity contribution in [2.24, 2.45) is 5.41 Å². The van der Waals surface area contributed by atoms with Gasteiger partial charge in [0, 0.05) is 12.5 Å². The van der Waals surface area contributed by atoms with Crippen LogP contribution in [0.4, 0.5) is 20.2 Å². The number of benzene rings is 1. The van der Waals surface area contributed by atoms with Crippen LogP contribution in [0.25, 0.3) is 0 Å². The van der Waals surface area contributed by atoms with Crippen LogP contribution in [0.15, 0.2) is 12.1 Å². The third-order valence-electron chi connectivity index (χ3n) is 4.51. The van der Waals surface area contributed by atoms with Crippen molar-refractivity contribution in [1.29, 1.82) is 0 Å². The number of nitrogens with zero attached hydrogens (tertiary/aromatic N) is 1. The molecule has 2 aliphatic rings. The topological polar surface area (TPSA) is 63.4 Å². The average Bonchev–Trinajstić information content (AvgIpc) is 2.67. The number of anilines is 2. The van der Waals surface area contributed by atoms with Crippen LogP contribution in [0.1, 0.15) is 38.5 Å². The summed E-state index contributed by atoms with van der Waals surface area (Å²) >= 11 is 0. The molecule has 1 aliphatic heterocycles. The van der Waals surface area contributed by atoms with Gasteiger partial charge in [0.05, 0.1) is 16.8 Å². The molecule has 2 fully saturated rings. The van der Waals surface area contributed by atoms with E-state index in [2.05, 4.69) is 0 Å². The molecule has 1 aromatic rings. The lowest BCUT2D eigenvalue weighted by Gasteiger charge is -2.30.